The van der Waals surface area contributed by atoms with E-state index < -0.39 is 7.75 Å². The van der Waals surface area contributed by atoms with Crippen LogP contribution in [0, 0.1) is 0 Å². The summed E-state index contributed by atoms with van der Waals surface area (Å²) >= 11 is 1.41. The van der Waals surface area contributed by atoms with E-state index in [1.165, 1.54) is 11.3 Å². The lowest BCUT2D eigenvalue weighted by Crippen LogP contribution is -2.13. The summed E-state index contributed by atoms with van der Waals surface area (Å²) in [6.07, 6.45) is 1.64. The number of nitrogens with zero attached hydrogens (tertiary/aromatic N) is 1. The second-order valence-corrected chi connectivity index (χ2v) is 4.99. The van der Waals surface area contributed by atoms with Crippen molar-refractivity contribution in [2.45, 2.75) is 0 Å². The largest absolute Gasteiger partial charge is 0.453 e. The molecule has 1 aliphatic heterocycles. The first kappa shape index (κ1) is 9.89. The van der Waals surface area contributed by atoms with Crippen LogP contribution in [0.15, 0.2) is 23.6 Å². The third-order valence-corrected chi connectivity index (χ3v) is 3.39. The summed E-state index contributed by atoms with van der Waals surface area (Å²) in [6, 6.07) is 3.60. The second kappa shape index (κ2) is 3.49. The number of rotatable bonds is 2. The molecular formula is C7H8NO4PS. The van der Waals surface area contributed by atoms with Gasteiger partial charge in [-0.1, -0.05) is 6.07 Å². The first-order chi connectivity index (χ1) is 6.59. The zero-order valence-electron chi connectivity index (χ0n) is 7.03. The van der Waals surface area contributed by atoms with Gasteiger partial charge in [0.15, 0.2) is 0 Å². The zero-order valence-corrected chi connectivity index (χ0v) is 8.74. The van der Waals surface area contributed by atoms with Gasteiger partial charge in [0, 0.05) is 0 Å². The lowest BCUT2D eigenvalue weighted by atomic mass is 10.3. The fourth-order valence-corrected chi connectivity index (χ4v) is 2.67. The maximum absolute atomic E-state index is 11.0. The molecule has 0 radical (unpaired) electrons. The predicted octanol–water partition coefficient (Wildman–Crippen LogP) is 1.43. The van der Waals surface area contributed by atoms with Crippen molar-refractivity contribution in [2.75, 3.05) is 6.61 Å². The minimum Gasteiger partial charge on any atom is -0.307 e. The van der Waals surface area contributed by atoms with E-state index in [-0.39, 0.29) is 6.61 Å². The maximum atomic E-state index is 11.0. The van der Waals surface area contributed by atoms with E-state index in [0.717, 1.165) is 4.88 Å². The molecule has 5 nitrogen and oxygen atoms in total. The summed E-state index contributed by atoms with van der Waals surface area (Å²) in [7, 11) is -4.36. The SMILES string of the molecule is O=P(O)(O)N1OCC=C1c1cccs1. The first-order valence-electron chi connectivity index (χ1n) is 3.82. The highest BCUT2D eigenvalue weighted by Gasteiger charge is 2.33. The highest BCUT2D eigenvalue weighted by atomic mass is 32.1. The Morgan fingerprint density at radius 3 is 2.93 bits per heavy atom. The van der Waals surface area contributed by atoms with Gasteiger partial charge >= 0.3 is 7.75 Å². The molecule has 0 saturated heterocycles. The zero-order chi connectivity index (χ0) is 10.2. The summed E-state index contributed by atoms with van der Waals surface area (Å²) in [5, 5.41) is 1.84. The van der Waals surface area contributed by atoms with E-state index in [2.05, 4.69) is 0 Å². The van der Waals surface area contributed by atoms with E-state index in [4.69, 9.17) is 14.6 Å². The number of hydrogen-bond donors (Lipinski definition) is 2. The molecule has 7 heteroatoms. The van der Waals surface area contributed by atoms with Gasteiger partial charge in [0.1, 0.15) is 0 Å². The van der Waals surface area contributed by atoms with Gasteiger partial charge in [-0.2, -0.15) is 4.83 Å². The molecule has 0 aromatic carbocycles. The minimum absolute atomic E-state index is 0.193. The maximum Gasteiger partial charge on any atom is 0.453 e. The Bertz CT molecular complexity index is 396. The van der Waals surface area contributed by atoms with Gasteiger partial charge in [-0.05, 0) is 17.5 Å². The van der Waals surface area contributed by atoms with Crippen LogP contribution >= 0.6 is 19.1 Å². The Labute approximate surface area is 84.4 Å². The molecule has 0 bridgehead atoms. The number of thiophene rings is 1. The van der Waals surface area contributed by atoms with Gasteiger partial charge in [-0.15, -0.1) is 11.3 Å². The second-order valence-electron chi connectivity index (χ2n) is 2.65. The fraction of sp³-hybridized carbons (Fsp3) is 0.143. The Kier molecular flexibility index (Phi) is 2.47. The lowest BCUT2D eigenvalue weighted by Gasteiger charge is -2.19. The summed E-state index contributed by atoms with van der Waals surface area (Å²) in [5.74, 6) is 0. The Balaban J connectivity index is 2.33. The van der Waals surface area contributed by atoms with Gasteiger partial charge in [0.25, 0.3) is 0 Å². The van der Waals surface area contributed by atoms with E-state index in [0.29, 0.717) is 10.5 Å². The quantitative estimate of drug-likeness (QED) is 0.756. The molecule has 1 aliphatic rings. The van der Waals surface area contributed by atoms with Crippen molar-refractivity contribution in [2.24, 2.45) is 0 Å². The summed E-state index contributed by atoms with van der Waals surface area (Å²) < 4.78 is 11.0. The van der Waals surface area contributed by atoms with Crippen LogP contribution < -0.4 is 0 Å². The molecule has 0 fully saturated rings. The molecular weight excluding hydrogens is 225 g/mol. The van der Waals surface area contributed by atoms with Crippen molar-refractivity contribution in [1.82, 2.24) is 4.83 Å². The Morgan fingerprint density at radius 2 is 2.36 bits per heavy atom. The van der Waals surface area contributed by atoms with Gasteiger partial charge in [0.05, 0.1) is 17.2 Å². The van der Waals surface area contributed by atoms with Gasteiger partial charge in [0.2, 0.25) is 0 Å². The molecule has 0 atom stereocenters. The van der Waals surface area contributed by atoms with Crippen LogP contribution in [0.4, 0.5) is 0 Å². The fourth-order valence-electron chi connectivity index (χ4n) is 1.17. The van der Waals surface area contributed by atoms with Crippen LogP contribution in [0.2, 0.25) is 0 Å². The summed E-state index contributed by atoms with van der Waals surface area (Å²) in [4.78, 5) is 24.2. The standard InChI is InChI=1S/C7H8NO4PS/c9-13(10,11)8-6(3-4-12-8)7-2-1-5-14-7/h1-3,5H,4H2,(H2,9,10,11). The summed E-state index contributed by atoms with van der Waals surface area (Å²) in [5.41, 5.74) is 0.438. The molecule has 1 aromatic heterocycles. The molecule has 14 heavy (non-hydrogen) atoms. The Morgan fingerprint density at radius 1 is 1.57 bits per heavy atom. The van der Waals surface area contributed by atoms with Crippen LogP contribution in [-0.4, -0.2) is 21.2 Å². The highest BCUT2D eigenvalue weighted by molar-refractivity contribution is 7.49. The third-order valence-electron chi connectivity index (χ3n) is 1.69. The van der Waals surface area contributed by atoms with Gasteiger partial charge in [-0.25, -0.2) is 4.57 Å². The Hall–Kier alpha value is -0.650. The van der Waals surface area contributed by atoms with Gasteiger partial charge in [-0.3, -0.25) is 4.84 Å². The van der Waals surface area contributed by atoms with E-state index >= 15 is 0 Å². The molecule has 0 aliphatic carbocycles. The molecule has 1 aromatic rings. The average molecular weight is 233 g/mol. The topological polar surface area (TPSA) is 70.0 Å². The first-order valence-corrected chi connectivity index (χ1v) is 6.26. The molecule has 0 amide bonds. The highest BCUT2D eigenvalue weighted by Crippen LogP contribution is 2.48. The van der Waals surface area contributed by atoms with Crippen molar-refractivity contribution < 1.29 is 19.2 Å². The van der Waals surface area contributed by atoms with E-state index in [1.54, 1.807) is 12.1 Å². The average Bonchev–Trinajstić information content (AvgIpc) is 2.73. The van der Waals surface area contributed by atoms with Crippen LogP contribution in [0.1, 0.15) is 4.88 Å². The van der Waals surface area contributed by atoms with Crippen LogP contribution in [0.5, 0.6) is 0 Å². The number of hydrogen-bond acceptors (Lipinski definition) is 3. The van der Waals surface area contributed by atoms with Crippen molar-refractivity contribution in [3.63, 3.8) is 0 Å². The number of hydroxylamine groups is 1. The van der Waals surface area contributed by atoms with Gasteiger partial charge < -0.3 is 9.79 Å². The molecule has 2 rings (SSSR count). The molecule has 2 N–H and O–H groups in total. The summed E-state index contributed by atoms with van der Waals surface area (Å²) in [6.45, 7) is 0.193. The van der Waals surface area contributed by atoms with E-state index in [9.17, 15) is 4.57 Å². The lowest BCUT2D eigenvalue weighted by molar-refractivity contribution is -0.0264. The van der Waals surface area contributed by atoms with Crippen molar-refractivity contribution in [1.29, 1.82) is 0 Å². The molecule has 76 valence electrons. The molecule has 0 spiro atoms. The molecule has 0 saturated carbocycles. The van der Waals surface area contributed by atoms with Crippen LogP contribution in [0.25, 0.3) is 5.70 Å². The smallest absolute Gasteiger partial charge is 0.307 e. The third kappa shape index (κ3) is 1.75. The molecule has 2 heterocycles. The van der Waals surface area contributed by atoms with Crippen LogP contribution in [0.3, 0.4) is 0 Å². The van der Waals surface area contributed by atoms with E-state index in [1.807, 2.05) is 11.4 Å². The van der Waals surface area contributed by atoms with Crippen molar-refractivity contribution in [3.8, 4) is 0 Å². The van der Waals surface area contributed by atoms with Crippen molar-refractivity contribution in [3.05, 3.63) is 28.5 Å². The monoisotopic (exact) mass is 233 g/mol. The van der Waals surface area contributed by atoms with Crippen molar-refractivity contribution >= 4 is 24.8 Å². The van der Waals surface area contributed by atoms with Crippen LogP contribution in [-0.2, 0) is 9.40 Å². The normalized spacial score (nSPS) is 17.3. The minimum atomic E-state index is -4.36. The molecule has 0 unspecified atom stereocenters. The predicted molar refractivity (Wildman–Crippen MR) is 52.1 cm³/mol.